The van der Waals surface area contributed by atoms with Gasteiger partial charge in [0.1, 0.15) is 0 Å². The van der Waals surface area contributed by atoms with E-state index in [-0.39, 0.29) is 28.7 Å². The Labute approximate surface area is 182 Å². The van der Waals surface area contributed by atoms with Crippen LogP contribution >= 0.6 is 21.6 Å². The van der Waals surface area contributed by atoms with Gasteiger partial charge in [0.25, 0.3) is 0 Å². The summed E-state index contributed by atoms with van der Waals surface area (Å²) < 4.78 is 0. The van der Waals surface area contributed by atoms with Crippen LogP contribution < -0.4 is 11.5 Å². The molecule has 0 aromatic heterocycles. The maximum absolute atomic E-state index is 13.7. The summed E-state index contributed by atoms with van der Waals surface area (Å²) in [7, 11) is 3.90. The quantitative estimate of drug-likeness (QED) is 0.277. The summed E-state index contributed by atoms with van der Waals surface area (Å²) in [5.41, 5.74) is 14.5. The van der Waals surface area contributed by atoms with Crippen molar-refractivity contribution in [3.8, 4) is 0 Å². The third kappa shape index (κ3) is 2.80. The van der Waals surface area contributed by atoms with Crippen LogP contribution in [0.1, 0.15) is 58.3 Å². The van der Waals surface area contributed by atoms with E-state index < -0.39 is 0 Å². The van der Waals surface area contributed by atoms with Crippen molar-refractivity contribution in [1.29, 1.82) is 0 Å². The van der Waals surface area contributed by atoms with Crippen LogP contribution in [0.5, 0.6) is 0 Å². The lowest BCUT2D eigenvalue weighted by Gasteiger charge is -2.57. The van der Waals surface area contributed by atoms with Gasteiger partial charge in [-0.3, -0.25) is 4.79 Å². The van der Waals surface area contributed by atoms with Crippen LogP contribution in [0.4, 0.5) is 0 Å². The third-order valence-electron chi connectivity index (χ3n) is 8.83. The number of allylic oxidation sites excluding steroid dienone is 4. The number of nitrogens with zero attached hydrogens (tertiary/aromatic N) is 1. The monoisotopic (exact) mass is 431 g/mol. The molecule has 1 heterocycles. The Morgan fingerprint density at radius 1 is 1.21 bits per heavy atom. The molecule has 0 aromatic rings. The van der Waals surface area contributed by atoms with E-state index in [0.717, 1.165) is 43.1 Å². The van der Waals surface area contributed by atoms with Gasteiger partial charge < -0.3 is 11.5 Å². The van der Waals surface area contributed by atoms with Crippen LogP contribution in [0.15, 0.2) is 28.3 Å². The standard InChI is InChI=1S/C23H33N3OS2/c1-22-10-11-28-29-13-16(26-21(24)25)5-3-6-17-19-12-15(22)9-8-14-4-2-7-18(20(17)27)23(14,19)22/h2,7,14-16,18H,3-6,8-13H2,1H3,(H4,24,25,26). The number of aliphatic imine (C=N–C) groups is 1. The average Bonchev–Trinajstić information content (AvgIpc) is 2.96. The number of carbonyl (C=O) groups is 1. The number of rotatable bonds is 1. The highest BCUT2D eigenvalue weighted by Gasteiger charge is 2.71. The van der Waals surface area contributed by atoms with E-state index in [0.29, 0.717) is 11.7 Å². The van der Waals surface area contributed by atoms with Crippen molar-refractivity contribution in [3.05, 3.63) is 23.3 Å². The summed E-state index contributed by atoms with van der Waals surface area (Å²) in [6.45, 7) is 2.55. The summed E-state index contributed by atoms with van der Waals surface area (Å²) in [4.78, 5) is 18.1. The molecule has 6 unspecified atom stereocenters. The molecule has 1 spiro atoms. The highest BCUT2D eigenvalue weighted by molar-refractivity contribution is 8.76. The molecule has 0 aromatic carbocycles. The zero-order valence-corrected chi connectivity index (χ0v) is 19.0. The van der Waals surface area contributed by atoms with Crippen LogP contribution in [0.2, 0.25) is 0 Å². The second kappa shape index (κ2) is 7.37. The molecule has 4 nitrogen and oxygen atoms in total. The van der Waals surface area contributed by atoms with Gasteiger partial charge in [0.15, 0.2) is 11.7 Å². The first-order chi connectivity index (χ1) is 14.0. The van der Waals surface area contributed by atoms with E-state index in [1.807, 2.05) is 21.6 Å². The van der Waals surface area contributed by atoms with E-state index in [1.165, 1.54) is 31.3 Å². The van der Waals surface area contributed by atoms with E-state index in [1.54, 1.807) is 5.57 Å². The zero-order valence-electron chi connectivity index (χ0n) is 17.4. The lowest BCUT2D eigenvalue weighted by Crippen LogP contribution is -2.53. The number of Topliss-reactive ketones (excluding diaryl/α,β-unsaturated/α-hetero) is 1. The van der Waals surface area contributed by atoms with Gasteiger partial charge in [-0.1, -0.05) is 46.2 Å². The third-order valence-corrected chi connectivity index (χ3v) is 11.3. The fourth-order valence-corrected chi connectivity index (χ4v) is 10.2. The Balaban J connectivity index is 1.56. The number of carbonyl (C=O) groups excluding carboxylic acids is 1. The van der Waals surface area contributed by atoms with Gasteiger partial charge in [-0.25, -0.2) is 4.99 Å². The van der Waals surface area contributed by atoms with Crippen molar-refractivity contribution in [2.24, 2.45) is 45.0 Å². The van der Waals surface area contributed by atoms with Gasteiger partial charge in [0, 0.05) is 16.9 Å². The minimum Gasteiger partial charge on any atom is -0.370 e. The van der Waals surface area contributed by atoms with Crippen LogP contribution in [-0.4, -0.2) is 29.3 Å². The van der Waals surface area contributed by atoms with Gasteiger partial charge in [-0.15, -0.1) is 0 Å². The fourth-order valence-electron chi connectivity index (χ4n) is 7.76. The molecular formula is C23H33N3OS2. The molecule has 0 radical (unpaired) electrons. The minimum absolute atomic E-state index is 0.107. The van der Waals surface area contributed by atoms with Crippen molar-refractivity contribution in [1.82, 2.24) is 0 Å². The van der Waals surface area contributed by atoms with Crippen LogP contribution in [0.25, 0.3) is 0 Å². The van der Waals surface area contributed by atoms with Crippen LogP contribution in [0.3, 0.4) is 0 Å². The highest BCUT2D eigenvalue weighted by Crippen LogP contribution is 2.77. The van der Waals surface area contributed by atoms with Crippen molar-refractivity contribution >= 4 is 33.3 Å². The molecule has 5 rings (SSSR count). The summed E-state index contributed by atoms with van der Waals surface area (Å²) in [6, 6.07) is 0.153. The van der Waals surface area contributed by atoms with Crippen LogP contribution in [0, 0.1) is 28.6 Å². The summed E-state index contributed by atoms with van der Waals surface area (Å²) in [5, 5.41) is 0. The Morgan fingerprint density at radius 3 is 2.86 bits per heavy atom. The van der Waals surface area contributed by atoms with Gasteiger partial charge in [0.2, 0.25) is 0 Å². The Morgan fingerprint density at radius 2 is 2.03 bits per heavy atom. The number of hydrogen-bond donors (Lipinski definition) is 2. The molecule has 1 aliphatic heterocycles. The predicted molar refractivity (Wildman–Crippen MR) is 124 cm³/mol. The molecule has 2 saturated carbocycles. The van der Waals surface area contributed by atoms with Crippen molar-refractivity contribution in [2.45, 2.75) is 64.3 Å². The number of hydrogen-bond acceptors (Lipinski definition) is 4. The molecule has 4 N–H and O–H groups in total. The molecule has 2 fully saturated rings. The second-order valence-electron chi connectivity index (χ2n) is 9.88. The molecule has 5 bridgehead atoms. The Kier molecular flexibility index (Phi) is 5.09. The zero-order chi connectivity index (χ0) is 20.2. The number of guanidine groups is 1. The van der Waals surface area contributed by atoms with Gasteiger partial charge in [0.05, 0.1) is 12.0 Å². The van der Waals surface area contributed by atoms with Gasteiger partial charge in [-0.05, 0) is 74.2 Å². The molecule has 6 atom stereocenters. The van der Waals surface area contributed by atoms with E-state index in [4.69, 9.17) is 11.5 Å². The largest absolute Gasteiger partial charge is 0.370 e. The van der Waals surface area contributed by atoms with Gasteiger partial charge >= 0.3 is 0 Å². The predicted octanol–water partition coefficient (Wildman–Crippen LogP) is 4.46. The molecule has 5 aliphatic rings. The lowest BCUT2D eigenvalue weighted by atomic mass is 9.46. The van der Waals surface area contributed by atoms with Crippen LogP contribution in [-0.2, 0) is 4.79 Å². The lowest BCUT2D eigenvalue weighted by molar-refractivity contribution is -0.127. The summed E-state index contributed by atoms with van der Waals surface area (Å²) in [6.07, 6.45) is 13.7. The van der Waals surface area contributed by atoms with Gasteiger partial charge in [-0.2, -0.15) is 0 Å². The Bertz CT molecular complexity index is 802. The maximum atomic E-state index is 13.7. The normalized spacial score (nSPS) is 44.1. The summed E-state index contributed by atoms with van der Waals surface area (Å²) in [5.74, 6) is 4.25. The Hall–Kier alpha value is -0.880. The molecule has 0 amide bonds. The molecular weight excluding hydrogens is 398 g/mol. The van der Waals surface area contributed by atoms with Crippen molar-refractivity contribution < 1.29 is 4.79 Å². The smallest absolute Gasteiger partial charge is 0.186 e. The summed E-state index contributed by atoms with van der Waals surface area (Å²) >= 11 is 0. The first kappa shape index (κ1) is 20.0. The SMILES string of the molecule is CC12CCSSCC(N=C(N)N)CCCC3=C4CC1CCC1CC=CC(C3=O)C412. The van der Waals surface area contributed by atoms with E-state index in [9.17, 15) is 4.79 Å². The van der Waals surface area contributed by atoms with E-state index in [2.05, 4.69) is 24.1 Å². The molecule has 4 aliphatic carbocycles. The van der Waals surface area contributed by atoms with Crippen molar-refractivity contribution in [3.63, 3.8) is 0 Å². The number of nitrogens with two attached hydrogens (primary N) is 2. The fraction of sp³-hybridized carbons (Fsp3) is 0.739. The molecule has 0 saturated heterocycles. The molecule has 6 heteroatoms. The van der Waals surface area contributed by atoms with E-state index >= 15 is 0 Å². The highest BCUT2D eigenvalue weighted by atomic mass is 33.1. The van der Waals surface area contributed by atoms with Crippen molar-refractivity contribution in [2.75, 3.05) is 11.5 Å². The topological polar surface area (TPSA) is 81.5 Å². The maximum Gasteiger partial charge on any atom is 0.186 e. The first-order valence-corrected chi connectivity index (χ1v) is 13.7. The number of ketones is 1. The minimum atomic E-state index is 0.107. The second-order valence-corrected chi connectivity index (χ2v) is 12.5. The average molecular weight is 432 g/mol. The first-order valence-electron chi connectivity index (χ1n) is 11.2. The molecule has 29 heavy (non-hydrogen) atoms. The molecule has 158 valence electrons.